The maximum absolute atomic E-state index is 11.7. The molecule has 0 atom stereocenters. The van der Waals surface area contributed by atoms with Crippen LogP contribution < -0.4 is 5.32 Å². The van der Waals surface area contributed by atoms with Gasteiger partial charge in [0.05, 0.1) is 19.6 Å². The van der Waals surface area contributed by atoms with Crippen LogP contribution in [0.1, 0.15) is 104 Å². The first kappa shape index (κ1) is 28.4. The molecule has 0 aliphatic heterocycles. The molecule has 0 aromatic heterocycles. The van der Waals surface area contributed by atoms with E-state index in [1.165, 1.54) is 64.2 Å². The maximum Gasteiger partial charge on any atom is 0.307 e. The highest BCUT2D eigenvalue weighted by Gasteiger charge is 2.04. The molecule has 0 fully saturated rings. The number of esters is 1. The molecule has 5 heteroatoms. The van der Waals surface area contributed by atoms with Gasteiger partial charge in [-0.1, -0.05) is 78.1 Å². The van der Waals surface area contributed by atoms with E-state index >= 15 is 0 Å². The predicted octanol–water partition coefficient (Wildman–Crippen LogP) is 4.91. The Bertz CT molecular complexity index is 334. The lowest BCUT2D eigenvalue weighted by Gasteiger charge is -2.20. The number of hydrogen-bond acceptors (Lipinski definition) is 5. The fourth-order valence-electron chi connectivity index (χ4n) is 3.56. The highest BCUT2D eigenvalue weighted by atomic mass is 16.5. The van der Waals surface area contributed by atoms with E-state index in [9.17, 15) is 4.79 Å². The van der Waals surface area contributed by atoms with Crippen LogP contribution in [-0.2, 0) is 9.53 Å². The number of rotatable bonds is 23. The molecule has 0 bridgehead atoms. The van der Waals surface area contributed by atoms with Gasteiger partial charge >= 0.3 is 5.97 Å². The Morgan fingerprint density at radius 1 is 0.759 bits per heavy atom. The molecule has 0 saturated heterocycles. The number of carbonyl (C=O) groups is 1. The first-order chi connectivity index (χ1) is 14.2. The van der Waals surface area contributed by atoms with Crippen LogP contribution in [0.4, 0.5) is 0 Å². The quantitative estimate of drug-likeness (QED) is 0.184. The first-order valence-electron chi connectivity index (χ1n) is 12.4. The van der Waals surface area contributed by atoms with E-state index in [1.807, 2.05) is 0 Å². The van der Waals surface area contributed by atoms with Crippen molar-refractivity contribution in [3.05, 3.63) is 0 Å². The minimum atomic E-state index is -0.0857. The number of nitrogens with zero attached hydrogens (tertiary/aromatic N) is 1. The van der Waals surface area contributed by atoms with E-state index < -0.39 is 0 Å². The van der Waals surface area contributed by atoms with Crippen LogP contribution in [0, 0.1) is 0 Å². The van der Waals surface area contributed by atoms with Gasteiger partial charge in [-0.2, -0.15) is 0 Å². The van der Waals surface area contributed by atoms with Gasteiger partial charge in [-0.15, -0.1) is 0 Å². The smallest absolute Gasteiger partial charge is 0.307 e. The van der Waals surface area contributed by atoms with Crippen LogP contribution in [0.5, 0.6) is 0 Å². The molecule has 2 N–H and O–H groups in total. The Hall–Kier alpha value is -0.650. The molecule has 0 saturated carbocycles. The lowest BCUT2D eigenvalue weighted by atomic mass is 10.1. The summed E-state index contributed by atoms with van der Waals surface area (Å²) in [5.74, 6) is -0.0857. The number of aliphatic hydroxyl groups is 1. The van der Waals surface area contributed by atoms with Crippen molar-refractivity contribution in [1.82, 2.24) is 10.2 Å². The topological polar surface area (TPSA) is 61.8 Å². The second-order valence-electron chi connectivity index (χ2n) is 8.17. The van der Waals surface area contributed by atoms with Crippen molar-refractivity contribution in [2.24, 2.45) is 0 Å². The third-order valence-electron chi connectivity index (χ3n) is 5.30. The molecule has 0 radical (unpaired) electrons. The molecule has 5 nitrogen and oxygen atoms in total. The summed E-state index contributed by atoms with van der Waals surface area (Å²) in [6.07, 6.45) is 17.0. The monoisotopic (exact) mass is 414 g/mol. The van der Waals surface area contributed by atoms with Gasteiger partial charge in [-0.05, 0) is 38.9 Å². The van der Waals surface area contributed by atoms with Gasteiger partial charge in [0.2, 0.25) is 0 Å². The fraction of sp³-hybridized carbons (Fsp3) is 0.958. The average molecular weight is 415 g/mol. The van der Waals surface area contributed by atoms with Gasteiger partial charge in [-0.25, -0.2) is 0 Å². The molecule has 174 valence electrons. The Balaban J connectivity index is 3.30. The average Bonchev–Trinajstić information content (AvgIpc) is 2.71. The van der Waals surface area contributed by atoms with Crippen molar-refractivity contribution in [3.8, 4) is 0 Å². The third kappa shape index (κ3) is 21.9. The number of carbonyl (C=O) groups excluding carboxylic acids is 1. The fourth-order valence-corrected chi connectivity index (χ4v) is 3.56. The highest BCUT2D eigenvalue weighted by molar-refractivity contribution is 5.69. The van der Waals surface area contributed by atoms with E-state index in [-0.39, 0.29) is 12.6 Å². The summed E-state index contributed by atoms with van der Waals surface area (Å²) in [7, 11) is 0. The molecule has 0 spiro atoms. The minimum absolute atomic E-state index is 0.0857. The molecule has 0 amide bonds. The summed E-state index contributed by atoms with van der Waals surface area (Å²) in [4.78, 5) is 14.0. The zero-order valence-corrected chi connectivity index (χ0v) is 19.6. The van der Waals surface area contributed by atoms with Gasteiger partial charge in [0.25, 0.3) is 0 Å². The second kappa shape index (κ2) is 23.6. The Labute approximate surface area is 181 Å². The van der Waals surface area contributed by atoms with E-state index in [0.717, 1.165) is 45.4 Å². The molecule has 29 heavy (non-hydrogen) atoms. The molecule has 0 aliphatic carbocycles. The van der Waals surface area contributed by atoms with Crippen LogP contribution >= 0.6 is 0 Å². The van der Waals surface area contributed by atoms with Crippen LogP contribution in [-0.4, -0.2) is 61.9 Å². The van der Waals surface area contributed by atoms with E-state index in [0.29, 0.717) is 19.6 Å². The Kier molecular flexibility index (Phi) is 23.1. The van der Waals surface area contributed by atoms with Gasteiger partial charge in [0.1, 0.15) is 0 Å². The van der Waals surface area contributed by atoms with Crippen LogP contribution in [0.25, 0.3) is 0 Å². The number of nitrogens with one attached hydrogen (secondary N) is 1. The number of unbranched alkanes of at least 4 members (excludes halogenated alkanes) is 10. The molecule has 0 aliphatic rings. The molecule has 0 aromatic carbocycles. The zero-order valence-electron chi connectivity index (χ0n) is 19.6. The molecular formula is C24H50N2O3. The standard InChI is InChI=1S/C24H50N2O3/c1-3-5-6-7-8-9-10-11-12-13-14-23-29-24(28)16-18-25-17-15-20-26(19-4-2)21-22-27/h25,27H,3-23H2,1-2H3. The van der Waals surface area contributed by atoms with E-state index in [1.54, 1.807) is 0 Å². The van der Waals surface area contributed by atoms with Crippen molar-refractivity contribution in [2.45, 2.75) is 104 Å². The SMILES string of the molecule is CCCCCCCCCCCCCOC(=O)CCNCCCN(CCC)CCO. The second-order valence-corrected chi connectivity index (χ2v) is 8.17. The highest BCUT2D eigenvalue weighted by Crippen LogP contribution is 2.11. The largest absolute Gasteiger partial charge is 0.466 e. The first-order valence-corrected chi connectivity index (χ1v) is 12.4. The van der Waals surface area contributed by atoms with Crippen molar-refractivity contribution in [1.29, 1.82) is 0 Å². The summed E-state index contributed by atoms with van der Waals surface area (Å²) in [6, 6.07) is 0. The molecule has 0 rings (SSSR count). The van der Waals surface area contributed by atoms with Crippen LogP contribution in [0.15, 0.2) is 0 Å². The lowest BCUT2D eigenvalue weighted by Crippen LogP contribution is -2.31. The molecule has 0 unspecified atom stereocenters. The van der Waals surface area contributed by atoms with Crippen molar-refractivity contribution in [2.75, 3.05) is 45.9 Å². The molecule has 0 heterocycles. The van der Waals surface area contributed by atoms with Gasteiger partial charge < -0.3 is 20.1 Å². The summed E-state index contributed by atoms with van der Waals surface area (Å²) in [5.41, 5.74) is 0. The summed E-state index contributed by atoms with van der Waals surface area (Å²) >= 11 is 0. The van der Waals surface area contributed by atoms with Crippen LogP contribution in [0.3, 0.4) is 0 Å². The summed E-state index contributed by atoms with van der Waals surface area (Å²) in [5, 5.41) is 12.4. The lowest BCUT2D eigenvalue weighted by molar-refractivity contribution is -0.143. The number of hydrogen-bond donors (Lipinski definition) is 2. The van der Waals surface area contributed by atoms with E-state index in [2.05, 4.69) is 24.1 Å². The zero-order chi connectivity index (χ0) is 21.4. The normalized spacial score (nSPS) is 11.3. The third-order valence-corrected chi connectivity index (χ3v) is 5.30. The van der Waals surface area contributed by atoms with Gasteiger partial charge in [0, 0.05) is 13.1 Å². The number of aliphatic hydroxyl groups excluding tert-OH is 1. The molecular weight excluding hydrogens is 364 g/mol. The van der Waals surface area contributed by atoms with Crippen molar-refractivity contribution in [3.63, 3.8) is 0 Å². The summed E-state index contributed by atoms with van der Waals surface area (Å²) < 4.78 is 5.32. The minimum Gasteiger partial charge on any atom is -0.466 e. The predicted molar refractivity (Wildman–Crippen MR) is 123 cm³/mol. The number of ether oxygens (including phenoxy) is 1. The Morgan fingerprint density at radius 3 is 1.97 bits per heavy atom. The Morgan fingerprint density at radius 2 is 1.38 bits per heavy atom. The molecule has 0 aromatic rings. The maximum atomic E-state index is 11.7. The van der Waals surface area contributed by atoms with Crippen LogP contribution in [0.2, 0.25) is 0 Å². The summed E-state index contributed by atoms with van der Waals surface area (Å²) in [6.45, 7) is 9.57. The van der Waals surface area contributed by atoms with Gasteiger partial charge in [-0.3, -0.25) is 4.79 Å². The van der Waals surface area contributed by atoms with Gasteiger partial charge in [0.15, 0.2) is 0 Å². The van der Waals surface area contributed by atoms with E-state index in [4.69, 9.17) is 9.84 Å². The van der Waals surface area contributed by atoms with Crippen molar-refractivity contribution >= 4 is 5.97 Å². The van der Waals surface area contributed by atoms with Crippen molar-refractivity contribution < 1.29 is 14.6 Å².